The number of aromatic nitrogens is 2. The van der Waals surface area contributed by atoms with Crippen LogP contribution in [0.1, 0.15) is 39.4 Å². The Morgan fingerprint density at radius 1 is 1.13 bits per heavy atom. The third kappa shape index (κ3) is 4.49. The molecule has 1 aliphatic heterocycles. The second kappa shape index (κ2) is 9.18. The lowest BCUT2D eigenvalue weighted by molar-refractivity contribution is -0.138. The second-order valence-corrected chi connectivity index (χ2v) is 8.60. The van der Waals surface area contributed by atoms with Crippen molar-refractivity contribution in [2.45, 2.75) is 46.2 Å². The normalized spacial score (nSPS) is 15.6. The van der Waals surface area contributed by atoms with Crippen molar-refractivity contribution in [2.75, 3.05) is 19.6 Å². The van der Waals surface area contributed by atoms with Gasteiger partial charge in [0.25, 0.3) is 0 Å². The van der Waals surface area contributed by atoms with Crippen LogP contribution < -0.4 is 0 Å². The number of imidazole rings is 1. The summed E-state index contributed by atoms with van der Waals surface area (Å²) in [6.07, 6.45) is 1.75. The summed E-state index contributed by atoms with van der Waals surface area (Å²) in [5.74, 6) is 1.09. The van der Waals surface area contributed by atoms with Crippen LogP contribution in [0.3, 0.4) is 0 Å². The number of piperidine rings is 1. The molecule has 1 aromatic heterocycles. The molecule has 1 fully saturated rings. The number of hydrogen-bond donors (Lipinski definition) is 0. The molecule has 0 saturated carbocycles. The molecule has 0 N–H and O–H groups in total. The van der Waals surface area contributed by atoms with Crippen LogP contribution in [0.2, 0.25) is 0 Å². The molecule has 31 heavy (non-hydrogen) atoms. The van der Waals surface area contributed by atoms with Crippen molar-refractivity contribution in [2.24, 2.45) is 5.92 Å². The second-order valence-electron chi connectivity index (χ2n) is 8.60. The van der Waals surface area contributed by atoms with E-state index in [-0.39, 0.29) is 23.7 Å². The quantitative estimate of drug-likeness (QED) is 0.581. The van der Waals surface area contributed by atoms with Crippen molar-refractivity contribution in [3.05, 3.63) is 60.2 Å². The number of benzene rings is 2. The summed E-state index contributed by atoms with van der Waals surface area (Å²) >= 11 is 0. The lowest BCUT2D eigenvalue weighted by Gasteiger charge is -2.35. The van der Waals surface area contributed by atoms with Crippen molar-refractivity contribution in [1.29, 1.82) is 0 Å². The fourth-order valence-electron chi connectivity index (χ4n) is 4.61. The zero-order chi connectivity index (χ0) is 22.0. The van der Waals surface area contributed by atoms with Gasteiger partial charge in [0.05, 0.1) is 17.6 Å². The molecule has 1 amide bonds. The lowest BCUT2D eigenvalue weighted by atomic mass is 9.94. The summed E-state index contributed by atoms with van der Waals surface area (Å²) in [4.78, 5) is 22.1. The highest BCUT2D eigenvalue weighted by Gasteiger charge is 2.29. The number of carbonyl (C=O) groups is 1. The molecular weight excluding hydrogens is 391 g/mol. The van der Waals surface area contributed by atoms with Crippen LogP contribution in [0, 0.1) is 11.7 Å². The van der Waals surface area contributed by atoms with Gasteiger partial charge in [0.1, 0.15) is 11.6 Å². The van der Waals surface area contributed by atoms with Gasteiger partial charge < -0.3 is 4.90 Å². The minimum absolute atomic E-state index is 0.106. The molecule has 2 heterocycles. The lowest BCUT2D eigenvalue weighted by Crippen LogP contribution is -2.45. The van der Waals surface area contributed by atoms with E-state index in [1.54, 1.807) is 12.1 Å². The highest BCUT2D eigenvalue weighted by molar-refractivity contribution is 5.79. The topological polar surface area (TPSA) is 41.4 Å². The van der Waals surface area contributed by atoms with E-state index in [9.17, 15) is 9.18 Å². The minimum Gasteiger partial charge on any atom is -0.340 e. The van der Waals surface area contributed by atoms with E-state index in [4.69, 9.17) is 4.98 Å². The number of para-hydroxylation sites is 2. The predicted molar refractivity (Wildman–Crippen MR) is 122 cm³/mol. The maximum Gasteiger partial charge on any atom is 0.225 e. The van der Waals surface area contributed by atoms with Crippen LogP contribution in [-0.4, -0.2) is 50.9 Å². The molecule has 0 radical (unpaired) electrons. The zero-order valence-electron chi connectivity index (χ0n) is 18.6. The average Bonchev–Trinajstić information content (AvgIpc) is 3.13. The summed E-state index contributed by atoms with van der Waals surface area (Å²) in [5, 5.41) is 0. The Balaban J connectivity index is 1.52. The van der Waals surface area contributed by atoms with E-state index < -0.39 is 0 Å². The molecule has 1 aliphatic rings. The number of amides is 1. The first-order chi connectivity index (χ1) is 15.0. The van der Waals surface area contributed by atoms with E-state index in [1.165, 1.54) is 12.1 Å². The van der Waals surface area contributed by atoms with Crippen molar-refractivity contribution >= 4 is 16.9 Å². The minimum atomic E-state index is -0.246. The van der Waals surface area contributed by atoms with Crippen molar-refractivity contribution in [1.82, 2.24) is 19.4 Å². The summed E-state index contributed by atoms with van der Waals surface area (Å²) in [7, 11) is 0. The first-order valence-corrected chi connectivity index (χ1v) is 11.2. The Bertz CT molecular complexity index is 1040. The Kier molecular flexibility index (Phi) is 6.37. The Morgan fingerprint density at radius 2 is 1.81 bits per heavy atom. The molecule has 2 aromatic carbocycles. The average molecular weight is 423 g/mol. The van der Waals surface area contributed by atoms with Crippen LogP contribution in [0.5, 0.6) is 0 Å². The standard InChI is InChI=1S/C25H31FN4O/c1-4-29(18(2)3)25(31)19-13-15-28(16-14-19)17-24-27-22-7-5-6-8-23(22)30(24)21-11-9-20(26)10-12-21/h5-12,18-19H,4,13-17H2,1-3H3. The van der Waals surface area contributed by atoms with Crippen LogP contribution in [0.15, 0.2) is 48.5 Å². The van der Waals surface area contributed by atoms with E-state index in [2.05, 4.69) is 23.3 Å². The number of nitrogens with zero attached hydrogens (tertiary/aromatic N) is 4. The van der Waals surface area contributed by atoms with Crippen molar-refractivity contribution in [3.8, 4) is 5.69 Å². The fraction of sp³-hybridized carbons (Fsp3) is 0.440. The predicted octanol–water partition coefficient (Wildman–Crippen LogP) is 4.63. The molecule has 4 rings (SSSR count). The summed E-state index contributed by atoms with van der Waals surface area (Å²) in [5.41, 5.74) is 2.86. The van der Waals surface area contributed by atoms with Gasteiger partial charge in [0.15, 0.2) is 0 Å². The van der Waals surface area contributed by atoms with Gasteiger partial charge in [0.2, 0.25) is 5.91 Å². The Labute approximate surface area is 183 Å². The molecule has 6 heteroatoms. The summed E-state index contributed by atoms with van der Waals surface area (Å²) in [6.45, 7) is 9.42. The molecule has 164 valence electrons. The van der Waals surface area contributed by atoms with Crippen molar-refractivity contribution in [3.63, 3.8) is 0 Å². The first kappa shape index (κ1) is 21.5. The number of halogens is 1. The molecule has 0 spiro atoms. The molecule has 1 saturated heterocycles. The maximum absolute atomic E-state index is 13.5. The Morgan fingerprint density at radius 3 is 2.45 bits per heavy atom. The number of fused-ring (bicyclic) bond motifs is 1. The van der Waals surface area contributed by atoms with E-state index in [1.807, 2.05) is 36.1 Å². The first-order valence-electron chi connectivity index (χ1n) is 11.2. The molecule has 5 nitrogen and oxygen atoms in total. The molecular formula is C25H31FN4O. The van der Waals surface area contributed by atoms with E-state index >= 15 is 0 Å². The number of hydrogen-bond acceptors (Lipinski definition) is 3. The van der Waals surface area contributed by atoms with Gasteiger partial charge in [-0.15, -0.1) is 0 Å². The number of carbonyl (C=O) groups excluding carboxylic acids is 1. The molecule has 0 atom stereocenters. The van der Waals surface area contributed by atoms with Gasteiger partial charge in [-0.05, 0) is 83.1 Å². The van der Waals surface area contributed by atoms with Crippen LogP contribution >= 0.6 is 0 Å². The Hall–Kier alpha value is -2.73. The molecule has 0 bridgehead atoms. The van der Waals surface area contributed by atoms with Crippen LogP contribution in [-0.2, 0) is 11.3 Å². The summed E-state index contributed by atoms with van der Waals surface area (Å²) < 4.78 is 15.6. The fourth-order valence-corrected chi connectivity index (χ4v) is 4.61. The van der Waals surface area contributed by atoms with Gasteiger partial charge in [-0.2, -0.15) is 0 Å². The third-order valence-corrected chi connectivity index (χ3v) is 6.26. The number of likely N-dealkylation sites (tertiary alicyclic amines) is 1. The van der Waals surface area contributed by atoms with E-state index in [0.29, 0.717) is 6.54 Å². The van der Waals surface area contributed by atoms with Crippen molar-refractivity contribution < 1.29 is 9.18 Å². The van der Waals surface area contributed by atoms with Gasteiger partial charge in [0, 0.05) is 24.2 Å². The highest BCUT2D eigenvalue weighted by atomic mass is 19.1. The number of rotatable bonds is 6. The van der Waals surface area contributed by atoms with Gasteiger partial charge >= 0.3 is 0 Å². The van der Waals surface area contributed by atoms with Gasteiger partial charge in [-0.3, -0.25) is 14.3 Å². The summed E-state index contributed by atoms with van der Waals surface area (Å²) in [6, 6.07) is 14.8. The largest absolute Gasteiger partial charge is 0.340 e. The van der Waals surface area contributed by atoms with Crippen LogP contribution in [0.25, 0.3) is 16.7 Å². The molecule has 0 aliphatic carbocycles. The molecule has 0 unspecified atom stereocenters. The van der Waals surface area contributed by atoms with E-state index in [0.717, 1.165) is 55.0 Å². The maximum atomic E-state index is 13.5. The van der Waals surface area contributed by atoms with Crippen LogP contribution in [0.4, 0.5) is 4.39 Å². The third-order valence-electron chi connectivity index (χ3n) is 6.26. The van der Waals surface area contributed by atoms with Gasteiger partial charge in [-0.25, -0.2) is 9.37 Å². The SMILES string of the molecule is CCN(C(=O)C1CCN(Cc2nc3ccccc3n2-c2ccc(F)cc2)CC1)C(C)C. The zero-order valence-corrected chi connectivity index (χ0v) is 18.6. The smallest absolute Gasteiger partial charge is 0.225 e. The molecule has 3 aromatic rings. The monoisotopic (exact) mass is 422 g/mol. The highest BCUT2D eigenvalue weighted by Crippen LogP contribution is 2.26. The van der Waals surface area contributed by atoms with Gasteiger partial charge in [-0.1, -0.05) is 12.1 Å².